The first kappa shape index (κ1) is 68.7. The topological polar surface area (TPSA) is 149 Å². The Morgan fingerprint density at radius 2 is 0.778 bits per heavy atom. The van der Waals surface area contributed by atoms with E-state index >= 15 is 0 Å². The SMILES string of the molecule is CCCCCCCCCC/C=C\CCCCCCCCCCCC(=O)NC(COC1OC(CO)C(O)C(O)C1O)C(O)/C=C/CCCCCCCCCCCCCCCCCCCCCCCCCCCC. The van der Waals surface area contributed by atoms with Crippen LogP contribution in [-0.4, -0.2) is 87.5 Å². The Morgan fingerprint density at radius 1 is 0.458 bits per heavy atom. The van der Waals surface area contributed by atoms with Gasteiger partial charge in [-0.15, -0.1) is 0 Å². The lowest BCUT2D eigenvalue weighted by molar-refractivity contribution is -0.302. The van der Waals surface area contributed by atoms with Gasteiger partial charge in [-0.3, -0.25) is 4.79 Å². The molecule has 0 bridgehead atoms. The normalized spacial score (nSPS) is 19.2. The van der Waals surface area contributed by atoms with Gasteiger partial charge in [-0.05, 0) is 44.9 Å². The summed E-state index contributed by atoms with van der Waals surface area (Å²) in [5.41, 5.74) is 0. The molecule has 1 aliphatic heterocycles. The zero-order valence-corrected chi connectivity index (χ0v) is 47.5. The molecular weight excluding hydrogens is 899 g/mol. The van der Waals surface area contributed by atoms with Gasteiger partial charge >= 0.3 is 0 Å². The fourth-order valence-electron chi connectivity index (χ4n) is 10.3. The average Bonchev–Trinajstić information content (AvgIpc) is 3.38. The standard InChI is InChI=1S/C63H121NO8/c1-3-5-7-9-11-13-15-17-19-21-23-25-26-27-28-29-30-31-33-34-36-38-40-42-44-46-48-50-52-57(66)56(55-71-63-62(70)61(69)60(68)58(54-65)72-63)64-59(67)53-51-49-47-45-43-41-39-37-35-32-24-22-20-18-16-14-12-10-8-6-4-2/h22,24,50,52,56-58,60-63,65-66,68-70H,3-21,23,25-49,51,53-55H2,1-2H3,(H,64,67)/b24-22-,52-50+. The lowest BCUT2D eigenvalue weighted by Gasteiger charge is -2.40. The third-order valence-electron chi connectivity index (χ3n) is 15.3. The maximum Gasteiger partial charge on any atom is 0.220 e. The molecule has 7 unspecified atom stereocenters. The second kappa shape index (κ2) is 53.1. The van der Waals surface area contributed by atoms with E-state index in [-0.39, 0.29) is 12.5 Å². The van der Waals surface area contributed by atoms with E-state index in [1.807, 2.05) is 6.08 Å². The third kappa shape index (κ3) is 41.9. The minimum atomic E-state index is -1.57. The van der Waals surface area contributed by atoms with Gasteiger partial charge in [-0.1, -0.05) is 289 Å². The van der Waals surface area contributed by atoms with E-state index < -0.39 is 49.5 Å². The second-order valence-corrected chi connectivity index (χ2v) is 22.2. The number of carbonyl (C=O) groups is 1. The van der Waals surface area contributed by atoms with Gasteiger partial charge < -0.3 is 40.3 Å². The zero-order valence-electron chi connectivity index (χ0n) is 47.5. The number of aliphatic hydroxyl groups is 5. The van der Waals surface area contributed by atoms with Crippen LogP contribution in [0.15, 0.2) is 24.3 Å². The summed E-state index contributed by atoms with van der Waals surface area (Å²) in [7, 11) is 0. The molecule has 1 aliphatic rings. The first-order valence-electron chi connectivity index (χ1n) is 31.6. The van der Waals surface area contributed by atoms with Crippen molar-refractivity contribution in [1.29, 1.82) is 0 Å². The first-order valence-corrected chi connectivity index (χ1v) is 31.6. The van der Waals surface area contributed by atoms with Crippen molar-refractivity contribution >= 4 is 5.91 Å². The van der Waals surface area contributed by atoms with Crippen molar-refractivity contribution < 1.29 is 39.8 Å². The molecule has 1 rings (SSSR count). The van der Waals surface area contributed by atoms with Crippen LogP contribution in [0, 0.1) is 0 Å². The third-order valence-corrected chi connectivity index (χ3v) is 15.3. The molecule has 426 valence electrons. The van der Waals surface area contributed by atoms with Crippen LogP contribution in [-0.2, 0) is 14.3 Å². The van der Waals surface area contributed by atoms with Gasteiger partial charge in [0.1, 0.15) is 24.4 Å². The minimum Gasteiger partial charge on any atom is -0.394 e. The Kier molecular flexibility index (Phi) is 50.6. The summed E-state index contributed by atoms with van der Waals surface area (Å²) in [5, 5.41) is 54.6. The van der Waals surface area contributed by atoms with Crippen LogP contribution in [0.3, 0.4) is 0 Å². The molecule has 0 aliphatic carbocycles. The fourth-order valence-corrected chi connectivity index (χ4v) is 10.3. The highest BCUT2D eigenvalue weighted by Crippen LogP contribution is 2.23. The van der Waals surface area contributed by atoms with Gasteiger partial charge in [0.25, 0.3) is 0 Å². The molecule has 0 saturated carbocycles. The molecule has 0 radical (unpaired) electrons. The van der Waals surface area contributed by atoms with Gasteiger partial charge in [0, 0.05) is 6.42 Å². The molecular formula is C63H121NO8. The Bertz CT molecular complexity index is 1180. The number of carbonyl (C=O) groups excluding carboxylic acids is 1. The van der Waals surface area contributed by atoms with E-state index in [1.54, 1.807) is 6.08 Å². The molecule has 9 heteroatoms. The van der Waals surface area contributed by atoms with E-state index in [0.717, 1.165) is 38.5 Å². The number of ether oxygens (including phenoxy) is 2. The lowest BCUT2D eigenvalue weighted by atomic mass is 9.99. The summed E-state index contributed by atoms with van der Waals surface area (Å²) in [6, 6.07) is -0.805. The first-order chi connectivity index (χ1) is 35.3. The summed E-state index contributed by atoms with van der Waals surface area (Å²) >= 11 is 0. The summed E-state index contributed by atoms with van der Waals surface area (Å²) in [4.78, 5) is 13.1. The van der Waals surface area contributed by atoms with Crippen LogP contribution in [0.5, 0.6) is 0 Å². The molecule has 72 heavy (non-hydrogen) atoms. The summed E-state index contributed by atoms with van der Waals surface area (Å²) < 4.78 is 11.3. The average molecular weight is 1020 g/mol. The smallest absolute Gasteiger partial charge is 0.220 e. The van der Waals surface area contributed by atoms with Crippen LogP contribution < -0.4 is 5.32 Å². The van der Waals surface area contributed by atoms with Crippen LogP contribution in [0.25, 0.3) is 0 Å². The van der Waals surface area contributed by atoms with Crippen molar-refractivity contribution in [3.05, 3.63) is 24.3 Å². The van der Waals surface area contributed by atoms with E-state index in [9.17, 15) is 30.3 Å². The quantitative estimate of drug-likeness (QED) is 0.0261. The molecule has 0 aromatic rings. The molecule has 9 nitrogen and oxygen atoms in total. The Labute approximate surface area is 445 Å². The molecule has 1 heterocycles. The monoisotopic (exact) mass is 1020 g/mol. The Morgan fingerprint density at radius 3 is 1.12 bits per heavy atom. The molecule has 0 aromatic carbocycles. The van der Waals surface area contributed by atoms with Crippen LogP contribution >= 0.6 is 0 Å². The molecule has 1 saturated heterocycles. The number of allylic oxidation sites excluding steroid dienone is 3. The van der Waals surface area contributed by atoms with Gasteiger partial charge in [0.15, 0.2) is 6.29 Å². The summed E-state index contributed by atoms with van der Waals surface area (Å²) in [6.45, 7) is 3.82. The van der Waals surface area contributed by atoms with Crippen molar-refractivity contribution in [1.82, 2.24) is 5.32 Å². The minimum absolute atomic E-state index is 0.174. The molecule has 1 amide bonds. The zero-order chi connectivity index (χ0) is 52.2. The molecule has 7 atom stereocenters. The number of nitrogens with one attached hydrogen (secondary N) is 1. The Balaban J connectivity index is 2.18. The second-order valence-electron chi connectivity index (χ2n) is 22.2. The predicted octanol–water partition coefficient (Wildman–Crippen LogP) is 16.1. The molecule has 1 fully saturated rings. The number of unbranched alkanes of at least 4 members (excludes halogenated alkanes) is 43. The van der Waals surface area contributed by atoms with Crippen molar-refractivity contribution in [3.8, 4) is 0 Å². The summed E-state index contributed by atoms with van der Waals surface area (Å²) in [5.74, 6) is -0.174. The van der Waals surface area contributed by atoms with Gasteiger partial charge in [0.2, 0.25) is 5.91 Å². The van der Waals surface area contributed by atoms with Crippen LogP contribution in [0.2, 0.25) is 0 Å². The molecule has 6 N–H and O–H groups in total. The summed E-state index contributed by atoms with van der Waals surface area (Å²) in [6.07, 6.45) is 61.2. The number of rotatable bonds is 55. The van der Waals surface area contributed by atoms with Gasteiger partial charge in [-0.2, -0.15) is 0 Å². The van der Waals surface area contributed by atoms with Gasteiger partial charge in [-0.25, -0.2) is 0 Å². The largest absolute Gasteiger partial charge is 0.394 e. The number of amides is 1. The van der Waals surface area contributed by atoms with Crippen molar-refractivity contribution in [2.75, 3.05) is 13.2 Å². The highest BCUT2D eigenvalue weighted by atomic mass is 16.7. The fraction of sp³-hybridized carbons (Fsp3) is 0.921. The highest BCUT2D eigenvalue weighted by molar-refractivity contribution is 5.76. The Hall–Kier alpha value is -1.33. The predicted molar refractivity (Wildman–Crippen MR) is 304 cm³/mol. The van der Waals surface area contributed by atoms with Crippen LogP contribution in [0.1, 0.15) is 316 Å². The van der Waals surface area contributed by atoms with Crippen molar-refractivity contribution in [3.63, 3.8) is 0 Å². The number of hydrogen-bond acceptors (Lipinski definition) is 8. The number of aliphatic hydroxyl groups excluding tert-OH is 5. The van der Waals surface area contributed by atoms with Crippen molar-refractivity contribution in [2.24, 2.45) is 0 Å². The van der Waals surface area contributed by atoms with E-state index in [2.05, 4.69) is 31.3 Å². The maximum atomic E-state index is 13.1. The van der Waals surface area contributed by atoms with E-state index in [0.29, 0.717) is 6.42 Å². The molecule has 0 spiro atoms. The van der Waals surface area contributed by atoms with E-state index in [4.69, 9.17) is 9.47 Å². The van der Waals surface area contributed by atoms with Crippen molar-refractivity contribution in [2.45, 2.75) is 358 Å². The maximum absolute atomic E-state index is 13.1. The molecule has 0 aromatic heterocycles. The van der Waals surface area contributed by atoms with E-state index in [1.165, 1.54) is 257 Å². The van der Waals surface area contributed by atoms with Crippen LogP contribution in [0.4, 0.5) is 0 Å². The van der Waals surface area contributed by atoms with Gasteiger partial charge in [0.05, 0.1) is 25.4 Å². The number of hydrogen-bond donors (Lipinski definition) is 6. The highest BCUT2D eigenvalue weighted by Gasteiger charge is 2.44. The lowest BCUT2D eigenvalue weighted by Crippen LogP contribution is -2.60.